The molecular formula is C18H22F4N2O2. The number of anilines is 1. The summed E-state index contributed by atoms with van der Waals surface area (Å²) in [6.07, 6.45) is -0.138. The Bertz CT molecular complexity index is 651. The van der Waals surface area contributed by atoms with Crippen molar-refractivity contribution >= 4 is 11.6 Å². The lowest BCUT2D eigenvalue weighted by molar-refractivity contribution is -0.153. The number of nitrogens with one attached hydrogen (secondary N) is 1. The van der Waals surface area contributed by atoms with Crippen molar-refractivity contribution in [2.75, 3.05) is 11.9 Å². The van der Waals surface area contributed by atoms with Crippen LogP contribution in [0.2, 0.25) is 0 Å². The largest absolute Gasteiger partial charge is 0.482 e. The topological polar surface area (TPSA) is 64.4 Å². The van der Waals surface area contributed by atoms with Gasteiger partial charge in [-0.1, -0.05) is 6.42 Å². The van der Waals surface area contributed by atoms with Crippen LogP contribution in [0.5, 0.6) is 5.75 Å². The Hall–Kier alpha value is -1.83. The van der Waals surface area contributed by atoms with E-state index in [9.17, 15) is 22.4 Å². The van der Waals surface area contributed by atoms with E-state index in [2.05, 4.69) is 5.32 Å². The Morgan fingerprint density at radius 1 is 1.23 bits per heavy atom. The summed E-state index contributed by atoms with van der Waals surface area (Å²) in [5, 5.41) is 2.55. The summed E-state index contributed by atoms with van der Waals surface area (Å²) in [5.41, 5.74) is 6.13. The van der Waals surface area contributed by atoms with Crippen molar-refractivity contribution in [3.05, 3.63) is 24.0 Å². The van der Waals surface area contributed by atoms with Crippen molar-refractivity contribution < 1.29 is 27.1 Å². The van der Waals surface area contributed by atoms with Crippen LogP contribution in [0.1, 0.15) is 32.1 Å². The zero-order valence-electron chi connectivity index (χ0n) is 14.2. The van der Waals surface area contributed by atoms with Gasteiger partial charge in [0.15, 0.2) is 6.61 Å². The van der Waals surface area contributed by atoms with Gasteiger partial charge in [-0.3, -0.25) is 4.79 Å². The molecule has 0 aromatic heterocycles. The maximum atomic E-state index is 13.5. The number of hydrogen-bond donors (Lipinski definition) is 2. The second kappa shape index (κ2) is 7.42. The number of fused-ring (bicyclic) bond motifs is 2. The SMILES string of the molecule is NC1C2CCCC1CC(C(=O)Nc1cc(F)ccc1OCC(F)(F)F)C2. The van der Waals surface area contributed by atoms with Gasteiger partial charge in [-0.2, -0.15) is 13.2 Å². The summed E-state index contributed by atoms with van der Waals surface area (Å²) in [6.45, 7) is -1.51. The van der Waals surface area contributed by atoms with E-state index in [1.54, 1.807) is 0 Å². The molecule has 1 aromatic carbocycles. The van der Waals surface area contributed by atoms with E-state index in [0.29, 0.717) is 12.8 Å². The predicted octanol–water partition coefficient (Wildman–Crippen LogP) is 3.86. The smallest absolute Gasteiger partial charge is 0.422 e. The van der Waals surface area contributed by atoms with Crippen molar-refractivity contribution in [3.63, 3.8) is 0 Å². The number of halogens is 4. The van der Waals surface area contributed by atoms with Crippen LogP contribution >= 0.6 is 0 Å². The number of carbonyl (C=O) groups is 1. The van der Waals surface area contributed by atoms with Crippen LogP contribution < -0.4 is 15.8 Å². The fourth-order valence-corrected chi connectivity index (χ4v) is 4.12. The molecular weight excluding hydrogens is 352 g/mol. The molecule has 144 valence electrons. The van der Waals surface area contributed by atoms with Crippen LogP contribution in [0.3, 0.4) is 0 Å². The fraction of sp³-hybridized carbons (Fsp3) is 0.611. The zero-order valence-corrected chi connectivity index (χ0v) is 14.2. The second-order valence-electron chi connectivity index (χ2n) is 7.23. The first kappa shape index (κ1) is 18.9. The first-order valence-corrected chi connectivity index (χ1v) is 8.78. The minimum absolute atomic E-state index is 0.0840. The number of amides is 1. The van der Waals surface area contributed by atoms with Crippen LogP contribution in [0, 0.1) is 23.6 Å². The van der Waals surface area contributed by atoms with Gasteiger partial charge in [0.2, 0.25) is 5.91 Å². The van der Waals surface area contributed by atoms with E-state index >= 15 is 0 Å². The predicted molar refractivity (Wildman–Crippen MR) is 88.1 cm³/mol. The highest BCUT2D eigenvalue weighted by Gasteiger charge is 2.40. The van der Waals surface area contributed by atoms with E-state index in [0.717, 1.165) is 37.5 Å². The van der Waals surface area contributed by atoms with E-state index in [1.165, 1.54) is 0 Å². The molecule has 2 unspecified atom stereocenters. The van der Waals surface area contributed by atoms with Gasteiger partial charge in [0.1, 0.15) is 11.6 Å². The number of ether oxygens (including phenoxy) is 1. The molecule has 3 N–H and O–H groups in total. The maximum Gasteiger partial charge on any atom is 0.422 e. The van der Waals surface area contributed by atoms with Gasteiger partial charge in [0.05, 0.1) is 5.69 Å². The third kappa shape index (κ3) is 4.47. The van der Waals surface area contributed by atoms with Gasteiger partial charge >= 0.3 is 6.18 Å². The molecule has 0 spiro atoms. The average Bonchev–Trinajstić information content (AvgIpc) is 2.53. The fourth-order valence-electron chi connectivity index (χ4n) is 4.12. The Kier molecular flexibility index (Phi) is 5.41. The van der Waals surface area contributed by atoms with Gasteiger partial charge in [-0.25, -0.2) is 4.39 Å². The normalized spacial score (nSPS) is 28.5. The monoisotopic (exact) mass is 374 g/mol. The van der Waals surface area contributed by atoms with Crippen LogP contribution in [0.4, 0.5) is 23.2 Å². The lowest BCUT2D eigenvalue weighted by Gasteiger charge is -2.43. The third-order valence-electron chi connectivity index (χ3n) is 5.37. The lowest BCUT2D eigenvalue weighted by Crippen LogP contribution is -2.48. The molecule has 3 rings (SSSR count). The standard InChI is InChI=1S/C18H22F4N2O2/c19-13-4-5-15(26-9-18(20,21)22)14(8-13)24-17(25)12-6-10-2-1-3-11(7-12)16(10)23/h4-5,8,10-12,16H,1-3,6-7,9,23H2,(H,24,25). The van der Waals surface area contributed by atoms with E-state index in [-0.39, 0.29) is 41.1 Å². The van der Waals surface area contributed by atoms with Gasteiger partial charge in [-0.15, -0.1) is 0 Å². The second-order valence-corrected chi connectivity index (χ2v) is 7.23. The summed E-state index contributed by atoms with van der Waals surface area (Å²) in [7, 11) is 0. The molecule has 2 bridgehead atoms. The van der Waals surface area contributed by atoms with E-state index in [1.807, 2.05) is 0 Å². The van der Waals surface area contributed by atoms with E-state index in [4.69, 9.17) is 10.5 Å². The molecule has 1 aromatic rings. The number of alkyl halides is 3. The molecule has 0 heterocycles. The summed E-state index contributed by atoms with van der Waals surface area (Å²) in [4.78, 5) is 12.6. The number of hydrogen-bond acceptors (Lipinski definition) is 3. The number of benzene rings is 1. The van der Waals surface area contributed by atoms with E-state index < -0.39 is 18.6 Å². The molecule has 2 atom stereocenters. The Morgan fingerprint density at radius 3 is 2.50 bits per heavy atom. The van der Waals surface area contributed by atoms with Crippen molar-refractivity contribution in [1.29, 1.82) is 0 Å². The van der Waals surface area contributed by atoms with Crippen LogP contribution in [-0.2, 0) is 4.79 Å². The first-order chi connectivity index (χ1) is 12.2. The molecule has 0 saturated heterocycles. The molecule has 2 fully saturated rings. The van der Waals surface area contributed by atoms with Crippen molar-refractivity contribution in [2.45, 2.75) is 44.3 Å². The van der Waals surface area contributed by atoms with Gasteiger partial charge in [0, 0.05) is 18.0 Å². The Balaban J connectivity index is 1.70. The number of nitrogens with two attached hydrogens (primary N) is 1. The summed E-state index contributed by atoms with van der Waals surface area (Å²) in [5.74, 6) is -0.898. The number of carbonyl (C=O) groups excluding carboxylic acids is 1. The van der Waals surface area contributed by atoms with Crippen LogP contribution in [0.15, 0.2) is 18.2 Å². The molecule has 8 heteroatoms. The summed E-state index contributed by atoms with van der Waals surface area (Å²) >= 11 is 0. The van der Waals surface area contributed by atoms with Gasteiger partial charge < -0.3 is 15.8 Å². The third-order valence-corrected chi connectivity index (χ3v) is 5.37. The minimum Gasteiger partial charge on any atom is -0.482 e. The molecule has 0 aliphatic heterocycles. The molecule has 4 nitrogen and oxygen atoms in total. The van der Waals surface area contributed by atoms with Crippen molar-refractivity contribution in [2.24, 2.45) is 23.5 Å². The zero-order chi connectivity index (χ0) is 18.9. The first-order valence-electron chi connectivity index (χ1n) is 8.78. The summed E-state index contributed by atoms with van der Waals surface area (Å²) in [6, 6.07) is 3.15. The lowest BCUT2D eigenvalue weighted by atomic mass is 9.65. The average molecular weight is 374 g/mol. The molecule has 1 amide bonds. The molecule has 26 heavy (non-hydrogen) atoms. The summed E-state index contributed by atoms with van der Waals surface area (Å²) < 4.78 is 55.3. The molecule has 0 radical (unpaired) electrons. The quantitative estimate of drug-likeness (QED) is 0.787. The molecule has 2 aliphatic rings. The molecule has 2 aliphatic carbocycles. The van der Waals surface area contributed by atoms with Gasteiger partial charge in [-0.05, 0) is 49.7 Å². The highest BCUT2D eigenvalue weighted by atomic mass is 19.4. The molecule has 2 saturated carbocycles. The minimum atomic E-state index is -4.52. The Labute approximate surface area is 149 Å². The van der Waals surface area contributed by atoms with Crippen LogP contribution in [-0.4, -0.2) is 24.7 Å². The highest BCUT2D eigenvalue weighted by molar-refractivity contribution is 5.94. The highest BCUT2D eigenvalue weighted by Crippen LogP contribution is 2.42. The van der Waals surface area contributed by atoms with Gasteiger partial charge in [0.25, 0.3) is 0 Å². The maximum absolute atomic E-state index is 13.5. The van der Waals surface area contributed by atoms with Crippen molar-refractivity contribution in [1.82, 2.24) is 0 Å². The number of rotatable bonds is 4. The van der Waals surface area contributed by atoms with Crippen molar-refractivity contribution in [3.8, 4) is 5.75 Å². The Morgan fingerprint density at radius 2 is 1.88 bits per heavy atom. The van der Waals surface area contributed by atoms with Crippen LogP contribution in [0.25, 0.3) is 0 Å².